The fraction of sp³-hybridized carbons (Fsp3) is 0.0800. The third kappa shape index (κ3) is 3.07. The van der Waals surface area contributed by atoms with Crippen molar-refractivity contribution in [3.63, 3.8) is 0 Å². The van der Waals surface area contributed by atoms with Gasteiger partial charge in [-0.05, 0) is 43.3 Å². The molecule has 0 unspecified atom stereocenters. The minimum atomic E-state index is -0.518. The summed E-state index contributed by atoms with van der Waals surface area (Å²) < 4.78 is 16.0. The quantitative estimate of drug-likeness (QED) is 0.348. The molecule has 0 atom stereocenters. The Bertz CT molecular complexity index is 1660. The van der Waals surface area contributed by atoms with Gasteiger partial charge >= 0.3 is 0 Å². The number of aromatic nitrogens is 6. The third-order valence-corrected chi connectivity index (χ3v) is 6.04. The molecule has 0 spiro atoms. The van der Waals surface area contributed by atoms with E-state index in [2.05, 4.69) is 35.8 Å². The molecule has 33 heavy (non-hydrogen) atoms. The number of nitrogens with one attached hydrogen (secondary N) is 2. The molecular weight excluding hydrogens is 419 g/mol. The van der Waals surface area contributed by atoms with Gasteiger partial charge in [0.25, 0.3) is 0 Å². The van der Waals surface area contributed by atoms with E-state index < -0.39 is 5.82 Å². The van der Waals surface area contributed by atoms with E-state index in [0.29, 0.717) is 11.3 Å². The molecule has 6 rings (SSSR count). The van der Waals surface area contributed by atoms with E-state index in [-0.39, 0.29) is 5.75 Å². The van der Waals surface area contributed by atoms with E-state index in [1.807, 2.05) is 44.4 Å². The standard InChI is InChI=1S/C25H19FN6O/c1-13-28-12-23(32(13)2)14-3-4-21-18(9-14)25(31-30-21)22-11-19-20(29-22)5-6-27-24(19)15-7-16(26)10-17(33)8-15/h3-12,29,33H,1-2H3,(H,30,31). The molecule has 0 saturated heterocycles. The second-order valence-corrected chi connectivity index (χ2v) is 8.08. The van der Waals surface area contributed by atoms with Crippen LogP contribution in [0.5, 0.6) is 5.75 Å². The van der Waals surface area contributed by atoms with Gasteiger partial charge < -0.3 is 14.7 Å². The van der Waals surface area contributed by atoms with Gasteiger partial charge in [-0.15, -0.1) is 0 Å². The fourth-order valence-electron chi connectivity index (χ4n) is 4.27. The van der Waals surface area contributed by atoms with Crippen LogP contribution in [-0.2, 0) is 7.05 Å². The summed E-state index contributed by atoms with van der Waals surface area (Å²) in [6.45, 7) is 1.97. The molecule has 7 nitrogen and oxygen atoms in total. The Morgan fingerprint density at radius 3 is 2.55 bits per heavy atom. The number of fused-ring (bicyclic) bond motifs is 2. The summed E-state index contributed by atoms with van der Waals surface area (Å²) >= 11 is 0. The van der Waals surface area contributed by atoms with Crippen LogP contribution in [0.25, 0.3) is 55.7 Å². The number of aromatic amines is 2. The van der Waals surface area contributed by atoms with E-state index in [1.165, 1.54) is 12.1 Å². The van der Waals surface area contributed by atoms with E-state index in [1.54, 1.807) is 6.20 Å². The van der Waals surface area contributed by atoms with Crippen molar-refractivity contribution < 1.29 is 9.50 Å². The van der Waals surface area contributed by atoms with Crippen LogP contribution in [0.4, 0.5) is 4.39 Å². The molecular formula is C25H19FN6O. The number of aryl methyl sites for hydroxylation is 1. The molecule has 162 valence electrons. The summed E-state index contributed by atoms with van der Waals surface area (Å²) in [4.78, 5) is 12.3. The summed E-state index contributed by atoms with van der Waals surface area (Å²) in [5, 5.41) is 19.3. The van der Waals surface area contributed by atoms with Crippen molar-refractivity contribution in [2.24, 2.45) is 7.05 Å². The van der Waals surface area contributed by atoms with Gasteiger partial charge in [0.15, 0.2) is 0 Å². The van der Waals surface area contributed by atoms with E-state index >= 15 is 0 Å². The van der Waals surface area contributed by atoms with Crippen molar-refractivity contribution in [3.8, 4) is 39.7 Å². The van der Waals surface area contributed by atoms with Gasteiger partial charge in [0.1, 0.15) is 23.1 Å². The fourth-order valence-corrected chi connectivity index (χ4v) is 4.27. The minimum Gasteiger partial charge on any atom is -0.508 e. The largest absolute Gasteiger partial charge is 0.508 e. The van der Waals surface area contributed by atoms with Gasteiger partial charge in [0, 0.05) is 46.7 Å². The molecule has 4 aromatic heterocycles. The molecule has 0 radical (unpaired) electrons. The normalized spacial score (nSPS) is 11.6. The molecule has 0 fully saturated rings. The Labute approximate surface area is 187 Å². The van der Waals surface area contributed by atoms with Crippen LogP contribution in [0.1, 0.15) is 5.82 Å². The van der Waals surface area contributed by atoms with Crippen LogP contribution in [0.2, 0.25) is 0 Å². The second-order valence-electron chi connectivity index (χ2n) is 8.08. The monoisotopic (exact) mass is 438 g/mol. The van der Waals surface area contributed by atoms with Gasteiger partial charge in [-0.3, -0.25) is 10.1 Å². The number of imidazole rings is 1. The number of halogens is 1. The first-order valence-electron chi connectivity index (χ1n) is 10.4. The van der Waals surface area contributed by atoms with Gasteiger partial charge in [-0.2, -0.15) is 5.10 Å². The maximum atomic E-state index is 13.9. The number of nitrogens with zero attached hydrogens (tertiary/aromatic N) is 4. The van der Waals surface area contributed by atoms with E-state index in [0.717, 1.165) is 56.3 Å². The molecule has 8 heteroatoms. The summed E-state index contributed by atoms with van der Waals surface area (Å²) in [6.07, 6.45) is 3.52. The van der Waals surface area contributed by atoms with Crippen molar-refractivity contribution in [2.75, 3.05) is 0 Å². The average Bonchev–Trinajstić information content (AvgIpc) is 3.49. The zero-order valence-corrected chi connectivity index (χ0v) is 17.9. The zero-order chi connectivity index (χ0) is 22.7. The van der Waals surface area contributed by atoms with Gasteiger partial charge in [-0.25, -0.2) is 9.37 Å². The number of rotatable bonds is 3. The molecule has 0 aliphatic rings. The van der Waals surface area contributed by atoms with Gasteiger partial charge in [0.2, 0.25) is 0 Å². The summed E-state index contributed by atoms with van der Waals surface area (Å²) in [7, 11) is 1.99. The molecule has 0 bridgehead atoms. The van der Waals surface area contributed by atoms with Crippen LogP contribution < -0.4 is 0 Å². The molecule has 0 saturated carbocycles. The van der Waals surface area contributed by atoms with Gasteiger partial charge in [-0.1, -0.05) is 6.07 Å². The highest BCUT2D eigenvalue weighted by atomic mass is 19.1. The first-order chi connectivity index (χ1) is 16.0. The van der Waals surface area contributed by atoms with Crippen molar-refractivity contribution in [2.45, 2.75) is 6.92 Å². The summed E-state index contributed by atoms with van der Waals surface area (Å²) in [5.41, 5.74) is 6.49. The lowest BCUT2D eigenvalue weighted by Crippen LogP contribution is -1.94. The Morgan fingerprint density at radius 2 is 1.76 bits per heavy atom. The molecule has 0 aliphatic heterocycles. The first kappa shape index (κ1) is 19.2. The summed E-state index contributed by atoms with van der Waals surface area (Å²) in [5.74, 6) is 0.281. The molecule has 6 aromatic rings. The van der Waals surface area contributed by atoms with E-state index in [4.69, 9.17) is 0 Å². The lowest BCUT2D eigenvalue weighted by atomic mass is 10.1. The highest BCUT2D eigenvalue weighted by molar-refractivity contribution is 6.00. The van der Waals surface area contributed by atoms with Gasteiger partial charge in [0.05, 0.1) is 28.8 Å². The van der Waals surface area contributed by atoms with Crippen molar-refractivity contribution in [3.05, 3.63) is 72.6 Å². The molecule has 0 aliphatic carbocycles. The van der Waals surface area contributed by atoms with Crippen molar-refractivity contribution >= 4 is 21.8 Å². The van der Waals surface area contributed by atoms with E-state index in [9.17, 15) is 9.50 Å². The number of phenolic OH excluding ortho intramolecular Hbond substituents is 1. The number of hydrogen-bond donors (Lipinski definition) is 3. The second kappa shape index (κ2) is 7.03. The van der Waals surface area contributed by atoms with Crippen LogP contribution in [0.15, 0.2) is 60.9 Å². The van der Waals surface area contributed by atoms with Crippen LogP contribution >= 0.6 is 0 Å². The average molecular weight is 438 g/mol. The third-order valence-electron chi connectivity index (χ3n) is 6.04. The maximum absolute atomic E-state index is 13.9. The molecule has 0 amide bonds. The number of H-pyrrole nitrogens is 2. The molecule has 2 aromatic carbocycles. The predicted octanol–water partition coefficient (Wildman–Crippen LogP) is 5.33. The Morgan fingerprint density at radius 1 is 0.909 bits per heavy atom. The minimum absolute atomic E-state index is 0.143. The number of benzene rings is 2. The lowest BCUT2D eigenvalue weighted by molar-refractivity contribution is 0.469. The molecule has 3 N–H and O–H groups in total. The lowest BCUT2D eigenvalue weighted by Gasteiger charge is -2.04. The molecule has 4 heterocycles. The van der Waals surface area contributed by atoms with Crippen molar-refractivity contribution in [1.29, 1.82) is 0 Å². The van der Waals surface area contributed by atoms with Crippen molar-refractivity contribution in [1.82, 2.24) is 29.7 Å². The maximum Gasteiger partial charge on any atom is 0.127 e. The smallest absolute Gasteiger partial charge is 0.127 e. The highest BCUT2D eigenvalue weighted by Crippen LogP contribution is 2.35. The Hall–Kier alpha value is -4.46. The SMILES string of the molecule is Cc1ncc(-c2ccc3[nH]nc(-c4cc5c(-c6cc(O)cc(F)c6)nccc5[nH]4)c3c2)n1C. The number of hydrogen-bond acceptors (Lipinski definition) is 4. The number of pyridine rings is 1. The first-order valence-corrected chi connectivity index (χ1v) is 10.4. The topological polar surface area (TPSA) is 95.4 Å². The highest BCUT2D eigenvalue weighted by Gasteiger charge is 2.16. The van der Waals surface area contributed by atoms with Crippen LogP contribution in [0.3, 0.4) is 0 Å². The zero-order valence-electron chi connectivity index (χ0n) is 17.9. The van der Waals surface area contributed by atoms with Crippen LogP contribution in [0, 0.1) is 12.7 Å². The number of aromatic hydroxyl groups is 1. The van der Waals surface area contributed by atoms with Crippen LogP contribution in [-0.4, -0.2) is 34.8 Å². The Kier molecular flexibility index (Phi) is 4.10. The predicted molar refractivity (Wildman–Crippen MR) is 125 cm³/mol. The Balaban J connectivity index is 1.52. The number of phenols is 1. The summed E-state index contributed by atoms with van der Waals surface area (Å²) in [6, 6.07) is 13.9.